The van der Waals surface area contributed by atoms with E-state index in [-0.39, 0.29) is 18.1 Å². The molecule has 1 aliphatic rings. The lowest BCUT2D eigenvalue weighted by Crippen LogP contribution is -2.39. The molecule has 86 valence electrons. The Morgan fingerprint density at radius 3 is 2.60 bits per heavy atom. The van der Waals surface area contributed by atoms with Crippen LogP contribution in [0.4, 0.5) is 0 Å². The molecule has 4 heteroatoms. The van der Waals surface area contributed by atoms with Crippen molar-refractivity contribution in [3.8, 4) is 0 Å². The summed E-state index contributed by atoms with van der Waals surface area (Å²) in [4.78, 5) is 26.3. The van der Waals surface area contributed by atoms with E-state index in [0.717, 1.165) is 19.5 Å². The number of carbonyl (C=O) groups excluding carboxylic acids is 2. The quantitative estimate of drug-likeness (QED) is 0.638. The summed E-state index contributed by atoms with van der Waals surface area (Å²) < 4.78 is 0. The molecular weight excluding hydrogens is 192 g/mol. The second-order valence-corrected chi connectivity index (χ2v) is 4.43. The number of hydrogen-bond donors (Lipinski definition) is 0. The van der Waals surface area contributed by atoms with E-state index in [0.29, 0.717) is 6.04 Å². The van der Waals surface area contributed by atoms with Gasteiger partial charge in [0.25, 0.3) is 0 Å². The summed E-state index contributed by atoms with van der Waals surface area (Å²) in [5, 5.41) is 0. The zero-order chi connectivity index (χ0) is 11.4. The molecule has 1 amide bonds. The van der Waals surface area contributed by atoms with E-state index < -0.39 is 0 Å². The first kappa shape index (κ1) is 12.2. The van der Waals surface area contributed by atoms with E-state index in [1.165, 1.54) is 13.3 Å². The maximum Gasteiger partial charge on any atom is 0.229 e. The number of ketones is 1. The van der Waals surface area contributed by atoms with Crippen LogP contribution in [0.5, 0.6) is 0 Å². The fourth-order valence-corrected chi connectivity index (χ4v) is 1.98. The molecule has 1 unspecified atom stereocenters. The van der Waals surface area contributed by atoms with Crippen LogP contribution in [0.1, 0.15) is 26.2 Å². The van der Waals surface area contributed by atoms with Gasteiger partial charge >= 0.3 is 0 Å². The van der Waals surface area contributed by atoms with Crippen LogP contribution in [0.3, 0.4) is 0 Å². The number of amides is 1. The average Bonchev–Trinajstić information content (AvgIpc) is 2.50. The van der Waals surface area contributed by atoms with Crippen molar-refractivity contribution in [2.75, 3.05) is 27.2 Å². The summed E-state index contributed by atoms with van der Waals surface area (Å²) in [6, 6.07) is 0.464. The average molecular weight is 212 g/mol. The summed E-state index contributed by atoms with van der Waals surface area (Å²) in [5.74, 6) is -0.130. The summed E-state index contributed by atoms with van der Waals surface area (Å²) in [7, 11) is 3.86. The molecule has 0 radical (unpaired) electrons. The van der Waals surface area contributed by atoms with E-state index in [9.17, 15) is 9.59 Å². The van der Waals surface area contributed by atoms with Crippen LogP contribution in [0.25, 0.3) is 0 Å². The van der Waals surface area contributed by atoms with Crippen LogP contribution >= 0.6 is 0 Å². The topological polar surface area (TPSA) is 40.6 Å². The van der Waals surface area contributed by atoms with Gasteiger partial charge in [-0.15, -0.1) is 0 Å². The molecule has 1 saturated heterocycles. The minimum atomic E-state index is -0.0669. The fraction of sp³-hybridized carbons (Fsp3) is 0.818. The Bertz CT molecular complexity index is 253. The molecule has 0 spiro atoms. The summed E-state index contributed by atoms with van der Waals surface area (Å²) >= 11 is 0. The molecule has 0 aliphatic carbocycles. The summed E-state index contributed by atoms with van der Waals surface area (Å²) in [5.41, 5.74) is 0. The Hall–Kier alpha value is -0.900. The number of carbonyl (C=O) groups is 2. The molecule has 15 heavy (non-hydrogen) atoms. The number of likely N-dealkylation sites (tertiary alicyclic amines) is 1. The second kappa shape index (κ2) is 5.26. The number of Topliss-reactive ketones (excluding diaryl/α,β-unsaturated/α-hetero) is 1. The molecule has 0 N–H and O–H groups in total. The van der Waals surface area contributed by atoms with Gasteiger partial charge in [0.1, 0.15) is 5.78 Å². The van der Waals surface area contributed by atoms with E-state index in [1.807, 2.05) is 0 Å². The van der Waals surface area contributed by atoms with Crippen molar-refractivity contribution in [1.82, 2.24) is 9.80 Å². The molecule has 0 bridgehead atoms. The fourth-order valence-electron chi connectivity index (χ4n) is 1.98. The van der Waals surface area contributed by atoms with Crippen LogP contribution in [-0.2, 0) is 9.59 Å². The molecule has 0 aromatic heterocycles. The van der Waals surface area contributed by atoms with Gasteiger partial charge in [-0.25, -0.2) is 0 Å². The predicted molar refractivity (Wildman–Crippen MR) is 58.6 cm³/mol. The van der Waals surface area contributed by atoms with Crippen molar-refractivity contribution in [3.63, 3.8) is 0 Å². The highest BCUT2D eigenvalue weighted by atomic mass is 16.2. The molecular formula is C11H20N2O2. The Morgan fingerprint density at radius 2 is 2.13 bits per heavy atom. The van der Waals surface area contributed by atoms with Crippen molar-refractivity contribution >= 4 is 11.7 Å². The van der Waals surface area contributed by atoms with Crippen molar-refractivity contribution in [1.29, 1.82) is 0 Å². The monoisotopic (exact) mass is 212 g/mol. The van der Waals surface area contributed by atoms with Crippen LogP contribution in [0, 0.1) is 0 Å². The number of rotatable bonds is 4. The number of hydrogen-bond acceptors (Lipinski definition) is 3. The minimum absolute atomic E-state index is 0.0347. The third-order valence-electron chi connectivity index (χ3n) is 2.98. The maximum absolute atomic E-state index is 11.5. The highest BCUT2D eigenvalue weighted by Gasteiger charge is 2.23. The van der Waals surface area contributed by atoms with Gasteiger partial charge in [0.15, 0.2) is 0 Å². The van der Waals surface area contributed by atoms with Crippen LogP contribution in [0.15, 0.2) is 0 Å². The molecule has 1 atom stereocenters. The van der Waals surface area contributed by atoms with E-state index in [4.69, 9.17) is 0 Å². The number of likely N-dealkylation sites (N-methyl/N-ethyl adjacent to an activating group) is 2. The Morgan fingerprint density at radius 1 is 1.47 bits per heavy atom. The molecule has 0 aromatic carbocycles. The van der Waals surface area contributed by atoms with Gasteiger partial charge < -0.3 is 9.80 Å². The van der Waals surface area contributed by atoms with Crippen LogP contribution in [-0.4, -0.2) is 54.7 Å². The zero-order valence-electron chi connectivity index (χ0n) is 9.82. The van der Waals surface area contributed by atoms with Gasteiger partial charge in [0, 0.05) is 19.6 Å². The first-order chi connectivity index (χ1) is 7.00. The molecule has 1 aliphatic heterocycles. The molecule has 0 aromatic rings. The van der Waals surface area contributed by atoms with E-state index in [2.05, 4.69) is 11.9 Å². The van der Waals surface area contributed by atoms with Crippen molar-refractivity contribution in [2.24, 2.45) is 0 Å². The maximum atomic E-state index is 11.5. The number of nitrogens with zero attached hydrogens (tertiary/aromatic N) is 2. The highest BCUT2D eigenvalue weighted by Crippen LogP contribution is 2.15. The van der Waals surface area contributed by atoms with Gasteiger partial charge in [-0.2, -0.15) is 0 Å². The molecule has 1 rings (SSSR count). The smallest absolute Gasteiger partial charge is 0.229 e. The van der Waals surface area contributed by atoms with Crippen molar-refractivity contribution in [2.45, 2.75) is 32.2 Å². The third-order valence-corrected chi connectivity index (χ3v) is 2.98. The highest BCUT2D eigenvalue weighted by molar-refractivity contribution is 5.96. The normalized spacial score (nSPS) is 21.7. The molecule has 1 fully saturated rings. The van der Waals surface area contributed by atoms with Crippen LogP contribution in [0.2, 0.25) is 0 Å². The predicted octanol–water partition coefficient (Wildman–Crippen LogP) is 0.518. The lowest BCUT2D eigenvalue weighted by Gasteiger charge is -2.25. The Balaban J connectivity index is 2.37. The summed E-state index contributed by atoms with van der Waals surface area (Å²) in [6.45, 7) is 3.30. The largest absolute Gasteiger partial charge is 0.344 e. The van der Waals surface area contributed by atoms with Gasteiger partial charge in [0.05, 0.1) is 6.42 Å². The lowest BCUT2D eigenvalue weighted by molar-refractivity contribution is -0.134. The van der Waals surface area contributed by atoms with Gasteiger partial charge in [-0.1, -0.05) is 0 Å². The van der Waals surface area contributed by atoms with Crippen molar-refractivity contribution in [3.05, 3.63) is 0 Å². The minimum Gasteiger partial charge on any atom is -0.344 e. The first-order valence-electron chi connectivity index (χ1n) is 5.44. The zero-order valence-corrected chi connectivity index (χ0v) is 9.82. The van der Waals surface area contributed by atoms with Crippen LogP contribution < -0.4 is 0 Å². The molecule has 0 saturated carbocycles. The Kier molecular flexibility index (Phi) is 4.27. The van der Waals surface area contributed by atoms with E-state index in [1.54, 1.807) is 11.9 Å². The van der Waals surface area contributed by atoms with E-state index >= 15 is 0 Å². The Labute approximate surface area is 91.2 Å². The SMILES string of the molecule is CC(=O)CC(=O)N(C)CC1CCCN1C. The van der Waals surface area contributed by atoms with Gasteiger partial charge in [-0.05, 0) is 33.4 Å². The lowest BCUT2D eigenvalue weighted by atomic mass is 10.2. The molecule has 4 nitrogen and oxygen atoms in total. The van der Waals surface area contributed by atoms with Gasteiger partial charge in [-0.3, -0.25) is 9.59 Å². The third kappa shape index (κ3) is 3.63. The molecule has 1 heterocycles. The summed E-state index contributed by atoms with van der Waals surface area (Å²) in [6.07, 6.45) is 2.39. The first-order valence-corrected chi connectivity index (χ1v) is 5.44. The van der Waals surface area contributed by atoms with Crippen molar-refractivity contribution < 1.29 is 9.59 Å². The standard InChI is InChI=1S/C11H20N2O2/c1-9(14)7-11(15)13(3)8-10-5-4-6-12(10)2/h10H,4-8H2,1-3H3. The second-order valence-electron chi connectivity index (χ2n) is 4.43. The van der Waals surface area contributed by atoms with Gasteiger partial charge in [0.2, 0.25) is 5.91 Å².